The fraction of sp³-hybridized carbons (Fsp3) is 0.226. The summed E-state index contributed by atoms with van der Waals surface area (Å²) < 4.78 is 11.8. The van der Waals surface area contributed by atoms with Crippen molar-refractivity contribution in [2.24, 2.45) is 0 Å². The Kier molecular flexibility index (Phi) is 20.6. The highest BCUT2D eigenvalue weighted by Crippen LogP contribution is 2.54. The van der Waals surface area contributed by atoms with Crippen molar-refractivity contribution in [2.45, 2.75) is 168 Å². The molecule has 608 valence electrons. The van der Waals surface area contributed by atoms with Gasteiger partial charge < -0.3 is 23.4 Å². The molecule has 8 nitrogen and oxygen atoms in total. The molecule has 2 aliphatic rings. The first-order valence-electron chi connectivity index (χ1n) is 44.8. The number of furan rings is 1. The molecule has 8 heteroatoms. The number of nitrogens with zero attached hydrogens (tertiary/aromatic N) is 7. The predicted molar refractivity (Wildman–Crippen MR) is 520 cm³/mol. The maximum absolute atomic E-state index is 7.12. The summed E-state index contributed by atoms with van der Waals surface area (Å²) in [5, 5.41) is 11.8. The Balaban J connectivity index is 0.000000157. The molecular weight excluding hydrogens is 1500 g/mol. The van der Waals surface area contributed by atoms with Gasteiger partial charge in [0.05, 0.1) is 44.2 Å². The van der Waals surface area contributed by atoms with Crippen LogP contribution in [0, 0.1) is 0 Å². The molecule has 2 saturated carbocycles. The van der Waals surface area contributed by atoms with Crippen LogP contribution < -0.4 is 9.80 Å². The molecule has 0 amide bonds. The van der Waals surface area contributed by atoms with Gasteiger partial charge in [0.2, 0.25) is 0 Å². The minimum absolute atomic E-state index is 0.0522. The number of para-hydroxylation sites is 3. The van der Waals surface area contributed by atoms with Gasteiger partial charge >= 0.3 is 0 Å². The SMILES string of the molecule is CC(C)c1ccc(N(c2ccc(C3CCCCC3)cc2)c2c3ccc(C(C)(C)C)cc3c(N(c3ccc(C(C)C)cc3)c3ccc(C4CCCCC4)cc3)c3ccc(C(C)(C)C)cc23)cc1.c1ccc(-c2nc(-c3ccccc3)nc(-c3ccc(-n4c5ccccc5c5c6oc7c(ccc8c7c7ccccc7n8-c7ccccc7)c6ccc54)cc3)n2)cc1. The topological polar surface area (TPSA) is 68.2 Å². The summed E-state index contributed by atoms with van der Waals surface area (Å²) in [6.07, 6.45) is 13.2. The molecule has 0 radical (unpaired) electrons. The van der Waals surface area contributed by atoms with Crippen LogP contribution in [0.5, 0.6) is 0 Å². The van der Waals surface area contributed by atoms with E-state index in [2.05, 4.69) is 349 Å². The first-order valence-corrected chi connectivity index (χ1v) is 44.8. The molecule has 2 aliphatic carbocycles. The third kappa shape index (κ3) is 14.7. The Labute approximate surface area is 723 Å². The van der Waals surface area contributed by atoms with Crippen molar-refractivity contribution < 1.29 is 4.42 Å². The van der Waals surface area contributed by atoms with E-state index in [-0.39, 0.29) is 10.8 Å². The molecule has 0 saturated heterocycles. The van der Waals surface area contributed by atoms with Gasteiger partial charge in [0.25, 0.3) is 0 Å². The van der Waals surface area contributed by atoms with E-state index < -0.39 is 0 Å². The predicted octanol–water partition coefficient (Wildman–Crippen LogP) is 32.8. The molecule has 0 N–H and O–H groups in total. The Morgan fingerprint density at radius 2 is 0.634 bits per heavy atom. The van der Waals surface area contributed by atoms with Gasteiger partial charge in [-0.2, -0.15) is 0 Å². The zero-order valence-electron chi connectivity index (χ0n) is 72.5. The molecule has 0 atom stereocenters. The highest BCUT2D eigenvalue weighted by Gasteiger charge is 2.31. The number of hydrogen-bond acceptors (Lipinski definition) is 6. The van der Waals surface area contributed by atoms with E-state index in [9.17, 15) is 0 Å². The molecule has 123 heavy (non-hydrogen) atoms. The number of hydrogen-bond donors (Lipinski definition) is 0. The van der Waals surface area contributed by atoms with E-state index in [0.29, 0.717) is 41.1 Å². The second-order valence-electron chi connectivity index (χ2n) is 37.1. The number of benzene rings is 15. The monoisotopic (exact) mass is 1600 g/mol. The van der Waals surface area contributed by atoms with Gasteiger partial charge in [0, 0.05) is 93.9 Å². The molecule has 21 rings (SSSR count). The number of rotatable bonds is 15. The van der Waals surface area contributed by atoms with Crippen LogP contribution in [0.4, 0.5) is 34.1 Å². The third-order valence-corrected chi connectivity index (χ3v) is 26.5. The van der Waals surface area contributed by atoms with Crippen LogP contribution in [0.25, 0.3) is 133 Å². The molecular formula is C115H107N7O. The van der Waals surface area contributed by atoms with E-state index in [0.717, 1.165) is 88.2 Å². The summed E-state index contributed by atoms with van der Waals surface area (Å²) >= 11 is 0. The lowest BCUT2D eigenvalue weighted by Gasteiger charge is -2.34. The molecule has 2 fully saturated rings. The van der Waals surface area contributed by atoms with Gasteiger partial charge in [-0.05, 0) is 227 Å². The van der Waals surface area contributed by atoms with Crippen LogP contribution in [0.2, 0.25) is 0 Å². The van der Waals surface area contributed by atoms with E-state index in [1.165, 1.54) is 159 Å². The van der Waals surface area contributed by atoms with E-state index in [4.69, 9.17) is 19.4 Å². The fourth-order valence-electron chi connectivity index (χ4n) is 19.7. The summed E-state index contributed by atoms with van der Waals surface area (Å²) in [6.45, 7) is 23.3. The Morgan fingerprint density at radius 1 is 0.301 bits per heavy atom. The van der Waals surface area contributed by atoms with Crippen LogP contribution in [-0.2, 0) is 10.8 Å². The molecule has 0 bridgehead atoms. The minimum atomic E-state index is -0.0522. The molecule has 0 aliphatic heterocycles. The molecule has 4 aromatic heterocycles. The van der Waals surface area contributed by atoms with Crippen LogP contribution in [-0.4, -0.2) is 24.1 Å². The van der Waals surface area contributed by atoms with Crippen LogP contribution >= 0.6 is 0 Å². The van der Waals surface area contributed by atoms with Crippen molar-refractivity contribution in [1.82, 2.24) is 24.1 Å². The minimum Gasteiger partial charge on any atom is -0.455 e. The van der Waals surface area contributed by atoms with E-state index in [1.807, 2.05) is 60.7 Å². The summed E-state index contributed by atoms with van der Waals surface area (Å²) in [7, 11) is 0. The summed E-state index contributed by atoms with van der Waals surface area (Å²) in [5.74, 6) is 4.10. The first kappa shape index (κ1) is 78.4. The number of fused-ring (bicyclic) bond motifs is 13. The van der Waals surface area contributed by atoms with Crippen molar-refractivity contribution in [1.29, 1.82) is 0 Å². The van der Waals surface area contributed by atoms with Crippen LogP contribution in [0.3, 0.4) is 0 Å². The number of aromatic nitrogens is 5. The lowest BCUT2D eigenvalue weighted by atomic mass is 9.82. The quantitative estimate of drug-likeness (QED) is 0.0753. The highest BCUT2D eigenvalue weighted by atomic mass is 16.3. The molecule has 15 aromatic carbocycles. The van der Waals surface area contributed by atoms with Crippen molar-refractivity contribution in [2.75, 3.05) is 9.80 Å². The van der Waals surface area contributed by atoms with E-state index in [1.54, 1.807) is 0 Å². The van der Waals surface area contributed by atoms with Gasteiger partial charge in [-0.15, -0.1) is 0 Å². The average molecular weight is 1600 g/mol. The summed E-state index contributed by atoms with van der Waals surface area (Å²) in [6, 6.07) is 118. The molecule has 0 spiro atoms. The van der Waals surface area contributed by atoms with E-state index >= 15 is 0 Å². The standard InChI is InChI=1S/C64H76N2.C51H31N5O/c1-43(2)45-21-31-53(32-22-45)65(55-35-25-49(26-36-55)47-17-13-11-14-18-47)61-57-39-29-52(64(8,9)10)42-60(57)62(58-40-30-51(41-59(58)61)63(5,6)7)66(54-33-23-46(24-34-54)44(3)4)56-37-27-50(28-38-56)48-19-15-12-16-20-48;1-4-14-32(15-5-1)49-52-50(33-16-6-2-7-17-33)54-51(53-49)34-24-26-36(27-25-34)56-42-23-13-11-21-40(42)46-44(56)31-29-38-37-28-30-43-45(47(37)57-48(38)46)39-20-10-12-22-41(39)55(43)35-18-8-3-9-19-35/h21-44,47-48H,11-20H2,1-10H3;1-31H. The van der Waals surface area contributed by atoms with Gasteiger partial charge in [0.15, 0.2) is 17.5 Å². The molecule has 0 unspecified atom stereocenters. The zero-order valence-corrected chi connectivity index (χ0v) is 72.5. The number of anilines is 6. The van der Waals surface area contributed by atoms with Gasteiger partial charge in [-0.1, -0.05) is 296 Å². The lowest BCUT2D eigenvalue weighted by molar-refractivity contribution is 0.443. The van der Waals surface area contributed by atoms with Gasteiger partial charge in [-0.3, -0.25) is 0 Å². The van der Waals surface area contributed by atoms with Gasteiger partial charge in [0.1, 0.15) is 11.2 Å². The maximum atomic E-state index is 7.12. The van der Waals surface area contributed by atoms with Gasteiger partial charge in [-0.25, -0.2) is 15.0 Å². The van der Waals surface area contributed by atoms with Crippen LogP contribution in [0.15, 0.2) is 326 Å². The highest BCUT2D eigenvalue weighted by molar-refractivity contribution is 6.29. The summed E-state index contributed by atoms with van der Waals surface area (Å²) in [5.41, 5.74) is 26.7. The average Bonchev–Trinajstić information content (AvgIpc) is 1.63. The zero-order chi connectivity index (χ0) is 83.8. The fourth-order valence-corrected chi connectivity index (χ4v) is 19.7. The maximum Gasteiger partial charge on any atom is 0.164 e. The second-order valence-corrected chi connectivity index (χ2v) is 37.1. The second kappa shape index (κ2) is 32.3. The Morgan fingerprint density at radius 3 is 1.01 bits per heavy atom. The smallest absolute Gasteiger partial charge is 0.164 e. The summed E-state index contributed by atoms with van der Waals surface area (Å²) in [4.78, 5) is 20.0. The normalized spacial score (nSPS) is 13.9. The first-order chi connectivity index (χ1) is 59.9. The van der Waals surface area contributed by atoms with Crippen molar-refractivity contribution in [3.05, 3.63) is 355 Å². The van der Waals surface area contributed by atoms with Crippen molar-refractivity contribution in [3.8, 4) is 45.5 Å². The lowest BCUT2D eigenvalue weighted by Crippen LogP contribution is -2.17. The van der Waals surface area contributed by atoms with Crippen molar-refractivity contribution >= 4 is 121 Å². The molecule has 4 heterocycles. The Bertz CT molecular complexity index is 6840. The Hall–Kier alpha value is -13.2. The van der Waals surface area contributed by atoms with Crippen molar-refractivity contribution in [3.63, 3.8) is 0 Å². The van der Waals surface area contributed by atoms with Crippen LogP contribution in [0.1, 0.15) is 190 Å². The molecule has 19 aromatic rings. The largest absolute Gasteiger partial charge is 0.455 e. The third-order valence-electron chi connectivity index (χ3n) is 26.5.